The first-order valence-electron chi connectivity index (χ1n) is 11.8. The molecule has 2 unspecified atom stereocenters. The number of nitrogens with one attached hydrogen (secondary N) is 2. The first-order valence-corrected chi connectivity index (χ1v) is 11.8. The van der Waals surface area contributed by atoms with Crippen molar-refractivity contribution >= 4 is 16.7 Å². The maximum atomic E-state index is 11.0. The van der Waals surface area contributed by atoms with Gasteiger partial charge >= 0.3 is 5.97 Å². The molecule has 5 rings (SSSR count). The lowest BCUT2D eigenvalue weighted by Gasteiger charge is -2.32. The molecule has 0 spiro atoms. The monoisotopic (exact) mass is 455 g/mol. The van der Waals surface area contributed by atoms with Gasteiger partial charge in [-0.1, -0.05) is 60.7 Å². The molecule has 1 saturated heterocycles. The Morgan fingerprint density at radius 2 is 1.79 bits per heavy atom. The number of aromatic carboxylic acids is 1. The van der Waals surface area contributed by atoms with Gasteiger partial charge in [-0.05, 0) is 59.3 Å². The Bertz CT molecular complexity index is 1270. The van der Waals surface area contributed by atoms with Crippen molar-refractivity contribution in [3.8, 4) is 0 Å². The molecule has 1 aliphatic heterocycles. The molecule has 2 atom stereocenters. The van der Waals surface area contributed by atoms with E-state index in [0.29, 0.717) is 12.5 Å². The summed E-state index contributed by atoms with van der Waals surface area (Å²) in [5, 5.41) is 15.0. The molecular weight excluding hydrogens is 426 g/mol. The molecule has 0 bridgehead atoms. The Kier molecular flexibility index (Phi) is 6.70. The van der Waals surface area contributed by atoms with E-state index in [1.807, 2.05) is 0 Å². The van der Waals surface area contributed by atoms with Gasteiger partial charge in [0.05, 0.1) is 12.7 Å². The molecule has 6 nitrogen and oxygen atoms in total. The Morgan fingerprint density at radius 3 is 2.59 bits per heavy atom. The molecule has 0 saturated carbocycles. The topological polar surface area (TPSA) is 87.2 Å². The normalized spacial score (nSPS) is 18.2. The quantitative estimate of drug-likeness (QED) is 0.358. The van der Waals surface area contributed by atoms with Crippen LogP contribution in [0.15, 0.2) is 72.9 Å². The SMILES string of the molecule is O=C(O)c1ncc(CCc2ccc(C3CCNCC3OCc3ccc4ccccc4c3)cc2)[nH]1. The second-order valence-electron chi connectivity index (χ2n) is 8.93. The van der Waals surface area contributed by atoms with E-state index in [2.05, 4.69) is 82.0 Å². The van der Waals surface area contributed by atoms with Crippen LogP contribution in [-0.2, 0) is 24.2 Å². The fourth-order valence-electron chi connectivity index (χ4n) is 4.72. The lowest BCUT2D eigenvalue weighted by Crippen LogP contribution is -2.40. The number of benzene rings is 3. The van der Waals surface area contributed by atoms with Crippen LogP contribution in [0.1, 0.15) is 45.3 Å². The zero-order valence-corrected chi connectivity index (χ0v) is 19.0. The number of aromatic amines is 1. The molecule has 3 N–H and O–H groups in total. The maximum Gasteiger partial charge on any atom is 0.371 e. The zero-order valence-electron chi connectivity index (χ0n) is 19.0. The number of carboxylic acids is 1. The summed E-state index contributed by atoms with van der Waals surface area (Å²) in [6, 6.07) is 23.7. The van der Waals surface area contributed by atoms with Gasteiger partial charge in [0.2, 0.25) is 5.82 Å². The summed E-state index contributed by atoms with van der Waals surface area (Å²) >= 11 is 0. The number of carbonyl (C=O) groups is 1. The largest absolute Gasteiger partial charge is 0.475 e. The van der Waals surface area contributed by atoms with Gasteiger partial charge in [-0.25, -0.2) is 9.78 Å². The highest BCUT2D eigenvalue weighted by Crippen LogP contribution is 2.29. The standard InChI is InChI=1S/C28H29N3O3/c32-28(33)27-30-16-24(31-27)12-8-19-5-10-22(11-6-19)25-13-14-29-17-26(25)34-18-20-7-9-21-3-1-2-4-23(21)15-20/h1-7,9-11,15-16,25-26,29H,8,12-14,17-18H2,(H,30,31)(H,32,33). The van der Waals surface area contributed by atoms with E-state index in [1.54, 1.807) is 6.20 Å². The highest BCUT2D eigenvalue weighted by Gasteiger charge is 2.27. The molecule has 3 aromatic carbocycles. The van der Waals surface area contributed by atoms with Gasteiger partial charge < -0.3 is 20.1 Å². The van der Waals surface area contributed by atoms with Crippen molar-refractivity contribution in [1.29, 1.82) is 0 Å². The van der Waals surface area contributed by atoms with Gasteiger partial charge in [0, 0.05) is 24.4 Å². The number of hydrogen-bond donors (Lipinski definition) is 3. The average molecular weight is 456 g/mol. The van der Waals surface area contributed by atoms with E-state index < -0.39 is 5.97 Å². The van der Waals surface area contributed by atoms with Gasteiger partial charge in [-0.2, -0.15) is 0 Å². The summed E-state index contributed by atoms with van der Waals surface area (Å²) in [5.74, 6) is -0.678. The number of ether oxygens (including phenoxy) is 1. The van der Waals surface area contributed by atoms with E-state index in [-0.39, 0.29) is 11.9 Å². The molecule has 1 fully saturated rings. The van der Waals surface area contributed by atoms with Crippen molar-refractivity contribution in [2.24, 2.45) is 0 Å². The van der Waals surface area contributed by atoms with Crippen LogP contribution in [0.4, 0.5) is 0 Å². The lowest BCUT2D eigenvalue weighted by atomic mass is 9.87. The number of H-pyrrole nitrogens is 1. The van der Waals surface area contributed by atoms with Crippen molar-refractivity contribution in [2.45, 2.75) is 37.9 Å². The van der Waals surface area contributed by atoms with Crippen LogP contribution in [0.5, 0.6) is 0 Å². The number of piperidine rings is 1. The molecule has 4 aromatic rings. The zero-order chi connectivity index (χ0) is 23.3. The second kappa shape index (κ2) is 10.2. The van der Waals surface area contributed by atoms with E-state index in [0.717, 1.165) is 38.0 Å². The Morgan fingerprint density at radius 1 is 1.00 bits per heavy atom. The van der Waals surface area contributed by atoms with Crippen LogP contribution in [-0.4, -0.2) is 40.2 Å². The minimum atomic E-state index is -1.03. The maximum absolute atomic E-state index is 11.0. The minimum absolute atomic E-state index is 0.00835. The number of aryl methyl sites for hydroxylation is 2. The molecule has 0 aliphatic carbocycles. The number of fused-ring (bicyclic) bond motifs is 1. The number of rotatable bonds is 8. The Balaban J connectivity index is 1.20. The molecule has 34 heavy (non-hydrogen) atoms. The van der Waals surface area contributed by atoms with Gasteiger partial charge in [0.15, 0.2) is 0 Å². The van der Waals surface area contributed by atoms with E-state index >= 15 is 0 Å². The average Bonchev–Trinajstić information content (AvgIpc) is 3.36. The molecule has 6 heteroatoms. The smallest absolute Gasteiger partial charge is 0.371 e. The van der Waals surface area contributed by atoms with E-state index in [4.69, 9.17) is 9.84 Å². The second-order valence-corrected chi connectivity index (χ2v) is 8.93. The molecule has 1 aromatic heterocycles. The van der Waals surface area contributed by atoms with Crippen molar-refractivity contribution in [2.75, 3.05) is 13.1 Å². The molecular formula is C28H29N3O3. The molecule has 0 radical (unpaired) electrons. The summed E-state index contributed by atoms with van der Waals surface area (Å²) in [4.78, 5) is 17.7. The summed E-state index contributed by atoms with van der Waals surface area (Å²) in [6.07, 6.45) is 4.34. The minimum Gasteiger partial charge on any atom is -0.475 e. The first kappa shape index (κ1) is 22.3. The predicted octanol–water partition coefficient (Wildman–Crippen LogP) is 4.71. The third-order valence-corrected chi connectivity index (χ3v) is 6.63. The number of nitrogens with zero attached hydrogens (tertiary/aromatic N) is 1. The Hall–Kier alpha value is -3.48. The molecule has 1 aliphatic rings. The third-order valence-electron chi connectivity index (χ3n) is 6.63. The molecule has 0 amide bonds. The highest BCUT2D eigenvalue weighted by atomic mass is 16.5. The van der Waals surface area contributed by atoms with Crippen molar-refractivity contribution in [1.82, 2.24) is 15.3 Å². The van der Waals surface area contributed by atoms with Crippen molar-refractivity contribution in [3.05, 3.63) is 101 Å². The predicted molar refractivity (Wildman–Crippen MR) is 132 cm³/mol. The third kappa shape index (κ3) is 5.19. The van der Waals surface area contributed by atoms with Gasteiger partial charge in [0.1, 0.15) is 0 Å². The fourth-order valence-corrected chi connectivity index (χ4v) is 4.72. The number of carboxylic acid groups (broad SMARTS) is 1. The van der Waals surface area contributed by atoms with Crippen LogP contribution < -0.4 is 5.32 Å². The van der Waals surface area contributed by atoms with Crippen LogP contribution in [0.2, 0.25) is 0 Å². The van der Waals surface area contributed by atoms with E-state index in [1.165, 1.54) is 27.5 Å². The molecule has 2 heterocycles. The van der Waals surface area contributed by atoms with Crippen molar-refractivity contribution in [3.63, 3.8) is 0 Å². The lowest BCUT2D eigenvalue weighted by molar-refractivity contribution is 0.0106. The van der Waals surface area contributed by atoms with Gasteiger partial charge in [-0.15, -0.1) is 0 Å². The first-order chi connectivity index (χ1) is 16.7. The fraction of sp³-hybridized carbons (Fsp3) is 0.286. The van der Waals surface area contributed by atoms with Crippen LogP contribution >= 0.6 is 0 Å². The summed E-state index contributed by atoms with van der Waals surface area (Å²) in [6.45, 7) is 2.45. The number of hydrogen-bond acceptors (Lipinski definition) is 4. The molecule has 174 valence electrons. The van der Waals surface area contributed by atoms with E-state index in [9.17, 15) is 4.79 Å². The van der Waals surface area contributed by atoms with Crippen LogP contribution in [0.3, 0.4) is 0 Å². The highest BCUT2D eigenvalue weighted by molar-refractivity contribution is 5.83. The van der Waals surface area contributed by atoms with Gasteiger partial charge in [0.25, 0.3) is 0 Å². The summed E-state index contributed by atoms with van der Waals surface area (Å²) in [7, 11) is 0. The number of aromatic nitrogens is 2. The van der Waals surface area contributed by atoms with Crippen molar-refractivity contribution < 1.29 is 14.6 Å². The number of imidazole rings is 1. The summed E-state index contributed by atoms with van der Waals surface area (Å²) < 4.78 is 6.42. The van der Waals surface area contributed by atoms with Crippen LogP contribution in [0.25, 0.3) is 10.8 Å². The Labute approximate surface area is 199 Å². The van der Waals surface area contributed by atoms with Crippen LogP contribution in [0, 0.1) is 0 Å². The van der Waals surface area contributed by atoms with Gasteiger partial charge in [-0.3, -0.25) is 0 Å². The summed E-state index contributed by atoms with van der Waals surface area (Å²) in [5.41, 5.74) is 4.56.